The van der Waals surface area contributed by atoms with Crippen LogP contribution in [0, 0.1) is 13.8 Å². The molecule has 0 radical (unpaired) electrons. The minimum Gasteiger partial charge on any atom is -0.480 e. The second-order valence-electron chi connectivity index (χ2n) is 3.31. The van der Waals surface area contributed by atoms with Gasteiger partial charge in [0.2, 0.25) is 0 Å². The van der Waals surface area contributed by atoms with E-state index in [0.717, 1.165) is 11.1 Å². The fourth-order valence-corrected chi connectivity index (χ4v) is 1.36. The van der Waals surface area contributed by atoms with E-state index in [4.69, 9.17) is 5.11 Å². The third-order valence-electron chi connectivity index (χ3n) is 2.17. The van der Waals surface area contributed by atoms with Crippen LogP contribution in [0.4, 0.5) is 0 Å². The van der Waals surface area contributed by atoms with E-state index in [1.54, 1.807) is 13.0 Å². The molecule has 0 aliphatic heterocycles. The minimum absolute atomic E-state index is 0.462. The van der Waals surface area contributed by atoms with Crippen molar-refractivity contribution in [3.05, 3.63) is 34.9 Å². The summed E-state index contributed by atoms with van der Waals surface area (Å²) in [4.78, 5) is 21.4. The first-order chi connectivity index (χ1) is 6.56. The number of aryl methyl sites for hydroxylation is 2. The lowest BCUT2D eigenvalue weighted by Crippen LogP contribution is -2.14. The average molecular weight is 192 g/mol. The number of aldehydes is 1. The van der Waals surface area contributed by atoms with Crippen molar-refractivity contribution in [1.29, 1.82) is 0 Å². The van der Waals surface area contributed by atoms with Gasteiger partial charge in [-0.1, -0.05) is 23.8 Å². The van der Waals surface area contributed by atoms with E-state index in [9.17, 15) is 9.59 Å². The van der Waals surface area contributed by atoms with Crippen molar-refractivity contribution in [3.8, 4) is 0 Å². The van der Waals surface area contributed by atoms with E-state index in [1.165, 1.54) is 0 Å². The topological polar surface area (TPSA) is 54.4 Å². The quantitative estimate of drug-likeness (QED) is 0.585. The number of carboxylic acid groups (broad SMARTS) is 1. The van der Waals surface area contributed by atoms with Crippen molar-refractivity contribution < 1.29 is 14.7 Å². The highest BCUT2D eigenvalue weighted by Gasteiger charge is 2.20. The molecule has 0 spiro atoms. The lowest BCUT2D eigenvalue weighted by molar-refractivity contribution is -0.140. The van der Waals surface area contributed by atoms with Crippen LogP contribution in [0.3, 0.4) is 0 Å². The second kappa shape index (κ2) is 4.05. The molecule has 14 heavy (non-hydrogen) atoms. The van der Waals surface area contributed by atoms with Gasteiger partial charge in [-0.05, 0) is 25.0 Å². The van der Waals surface area contributed by atoms with Crippen LogP contribution in [0.15, 0.2) is 18.2 Å². The Labute approximate surface area is 82.4 Å². The van der Waals surface area contributed by atoms with Crippen LogP contribution in [0.25, 0.3) is 0 Å². The number of hydrogen-bond donors (Lipinski definition) is 1. The first kappa shape index (κ1) is 10.4. The van der Waals surface area contributed by atoms with Crippen LogP contribution in [0.1, 0.15) is 22.6 Å². The predicted octanol–water partition coefficient (Wildman–Crippen LogP) is 1.67. The molecule has 1 aromatic carbocycles. The third-order valence-corrected chi connectivity index (χ3v) is 2.17. The van der Waals surface area contributed by atoms with E-state index in [1.807, 2.05) is 19.1 Å². The number of benzene rings is 1. The molecule has 0 bridgehead atoms. The van der Waals surface area contributed by atoms with Gasteiger partial charge in [-0.3, -0.25) is 4.79 Å². The molecule has 3 nitrogen and oxygen atoms in total. The summed E-state index contributed by atoms with van der Waals surface area (Å²) in [6.07, 6.45) is 0.462. The van der Waals surface area contributed by atoms with Crippen LogP contribution >= 0.6 is 0 Å². The molecule has 1 atom stereocenters. The summed E-state index contributed by atoms with van der Waals surface area (Å²) in [6.45, 7) is 3.67. The molecular formula is C11H12O3. The summed E-state index contributed by atoms with van der Waals surface area (Å²) in [7, 11) is 0. The predicted molar refractivity (Wildman–Crippen MR) is 52.4 cm³/mol. The Morgan fingerprint density at radius 1 is 1.43 bits per heavy atom. The van der Waals surface area contributed by atoms with Crippen LogP contribution < -0.4 is 0 Å². The number of rotatable bonds is 3. The summed E-state index contributed by atoms with van der Waals surface area (Å²) < 4.78 is 0. The van der Waals surface area contributed by atoms with Crippen molar-refractivity contribution in [2.45, 2.75) is 19.8 Å². The number of aliphatic carboxylic acids is 1. The standard InChI is InChI=1S/C11H12O3/c1-7-3-4-8(2)9(5-7)10(6-12)11(13)14/h3-6,10H,1-2H3,(H,13,14). The van der Waals surface area contributed by atoms with Gasteiger partial charge in [-0.15, -0.1) is 0 Å². The van der Waals surface area contributed by atoms with E-state index in [0.29, 0.717) is 11.8 Å². The first-order valence-electron chi connectivity index (χ1n) is 4.31. The van der Waals surface area contributed by atoms with E-state index in [-0.39, 0.29) is 0 Å². The smallest absolute Gasteiger partial charge is 0.318 e. The van der Waals surface area contributed by atoms with Gasteiger partial charge in [0.15, 0.2) is 0 Å². The van der Waals surface area contributed by atoms with Gasteiger partial charge < -0.3 is 9.90 Å². The Morgan fingerprint density at radius 3 is 2.57 bits per heavy atom. The fraction of sp³-hybridized carbons (Fsp3) is 0.273. The molecule has 0 saturated heterocycles. The number of carbonyl (C=O) groups excluding carboxylic acids is 1. The summed E-state index contributed by atoms with van der Waals surface area (Å²) in [5.41, 5.74) is 2.36. The van der Waals surface area contributed by atoms with Gasteiger partial charge >= 0.3 is 5.97 Å². The van der Waals surface area contributed by atoms with Gasteiger partial charge in [-0.25, -0.2) is 0 Å². The van der Waals surface area contributed by atoms with Crippen LogP contribution in [-0.2, 0) is 9.59 Å². The number of carbonyl (C=O) groups is 2. The number of hydrogen-bond acceptors (Lipinski definition) is 2. The van der Waals surface area contributed by atoms with Gasteiger partial charge in [0, 0.05) is 0 Å². The summed E-state index contributed by atoms with van der Waals surface area (Å²) in [6, 6.07) is 5.45. The zero-order valence-corrected chi connectivity index (χ0v) is 8.15. The first-order valence-corrected chi connectivity index (χ1v) is 4.31. The molecule has 0 aliphatic carbocycles. The summed E-state index contributed by atoms with van der Waals surface area (Å²) in [5.74, 6) is -2.15. The van der Waals surface area contributed by atoms with Gasteiger partial charge in [0.05, 0.1) is 0 Å². The van der Waals surface area contributed by atoms with Gasteiger partial charge in [0.25, 0.3) is 0 Å². The molecule has 1 unspecified atom stereocenters. The molecule has 0 saturated carbocycles. The molecule has 74 valence electrons. The molecule has 3 heteroatoms. The molecule has 0 amide bonds. The lowest BCUT2D eigenvalue weighted by atomic mass is 9.94. The highest BCUT2D eigenvalue weighted by molar-refractivity contribution is 5.93. The highest BCUT2D eigenvalue weighted by atomic mass is 16.4. The molecule has 0 aliphatic rings. The van der Waals surface area contributed by atoms with Crippen LogP contribution in [-0.4, -0.2) is 17.4 Å². The van der Waals surface area contributed by atoms with Crippen molar-refractivity contribution in [3.63, 3.8) is 0 Å². The number of carboxylic acids is 1. The Balaban J connectivity index is 3.21. The molecular weight excluding hydrogens is 180 g/mol. The minimum atomic E-state index is -1.10. The van der Waals surface area contributed by atoms with E-state index >= 15 is 0 Å². The SMILES string of the molecule is Cc1ccc(C)c(C(C=O)C(=O)O)c1. The lowest BCUT2D eigenvalue weighted by Gasteiger charge is -2.09. The van der Waals surface area contributed by atoms with Crippen molar-refractivity contribution in [1.82, 2.24) is 0 Å². The van der Waals surface area contributed by atoms with E-state index < -0.39 is 11.9 Å². The monoisotopic (exact) mass is 192 g/mol. The van der Waals surface area contributed by atoms with E-state index in [2.05, 4.69) is 0 Å². The van der Waals surface area contributed by atoms with Gasteiger partial charge in [0.1, 0.15) is 12.2 Å². The molecule has 1 N–H and O–H groups in total. The molecule has 0 fully saturated rings. The Kier molecular flexibility index (Phi) is 3.02. The maximum atomic E-state index is 10.8. The molecule has 1 aromatic rings. The maximum Gasteiger partial charge on any atom is 0.318 e. The zero-order valence-electron chi connectivity index (χ0n) is 8.15. The molecule has 1 rings (SSSR count). The fourth-order valence-electron chi connectivity index (χ4n) is 1.36. The third kappa shape index (κ3) is 1.99. The van der Waals surface area contributed by atoms with Crippen LogP contribution in [0.2, 0.25) is 0 Å². The Morgan fingerprint density at radius 2 is 2.07 bits per heavy atom. The highest BCUT2D eigenvalue weighted by Crippen LogP contribution is 2.19. The molecule has 0 heterocycles. The largest absolute Gasteiger partial charge is 0.480 e. The summed E-state index contributed by atoms with van der Waals surface area (Å²) >= 11 is 0. The second-order valence-corrected chi connectivity index (χ2v) is 3.31. The van der Waals surface area contributed by atoms with Crippen LogP contribution in [0.5, 0.6) is 0 Å². The summed E-state index contributed by atoms with van der Waals surface area (Å²) in [5, 5.41) is 8.81. The van der Waals surface area contributed by atoms with Crippen molar-refractivity contribution >= 4 is 12.3 Å². The normalized spacial score (nSPS) is 12.1. The zero-order chi connectivity index (χ0) is 10.7. The van der Waals surface area contributed by atoms with Crippen molar-refractivity contribution in [2.75, 3.05) is 0 Å². The average Bonchev–Trinajstić information content (AvgIpc) is 2.11. The Bertz CT molecular complexity index is 369. The molecule has 0 aromatic heterocycles. The van der Waals surface area contributed by atoms with Gasteiger partial charge in [-0.2, -0.15) is 0 Å². The van der Waals surface area contributed by atoms with Crippen molar-refractivity contribution in [2.24, 2.45) is 0 Å². The maximum absolute atomic E-state index is 10.8. The Hall–Kier alpha value is -1.64.